The number of amides is 2. The van der Waals surface area contributed by atoms with Crippen molar-refractivity contribution >= 4 is 23.6 Å². The molecule has 1 fully saturated rings. The number of carbonyl (C=O) groups excluding carboxylic acids is 3. The Morgan fingerprint density at radius 2 is 1.55 bits per heavy atom. The summed E-state index contributed by atoms with van der Waals surface area (Å²) >= 11 is 0. The molecule has 1 saturated heterocycles. The number of rotatable bonds is 9. The molecule has 3 rings (SSSR count). The highest BCUT2D eigenvalue weighted by Crippen LogP contribution is 2.29. The molecule has 1 atom stereocenters. The number of aryl methyl sites for hydroxylation is 1. The number of carbonyl (C=O) groups is 4. The van der Waals surface area contributed by atoms with E-state index in [1.807, 2.05) is 30.3 Å². The Bertz CT molecular complexity index is 945. The first-order chi connectivity index (χ1) is 14.9. The fourth-order valence-corrected chi connectivity index (χ4v) is 3.85. The Morgan fingerprint density at radius 1 is 0.903 bits per heavy atom. The highest BCUT2D eigenvalue weighted by atomic mass is 16.4. The summed E-state index contributed by atoms with van der Waals surface area (Å²) in [5.74, 6) is -2.33. The lowest BCUT2D eigenvalue weighted by molar-refractivity contribution is -0.158. The average Bonchev–Trinajstić information content (AvgIpc) is 3.22. The number of benzene rings is 2. The van der Waals surface area contributed by atoms with Crippen LogP contribution < -0.4 is 5.32 Å². The summed E-state index contributed by atoms with van der Waals surface area (Å²) in [4.78, 5) is 51.0. The first kappa shape index (κ1) is 22.2. The smallest absolute Gasteiger partial charge is 0.350 e. The molecule has 2 aromatic carbocycles. The molecular formula is C24H26N2O5. The van der Waals surface area contributed by atoms with Crippen LogP contribution in [0.1, 0.15) is 48.0 Å². The molecule has 2 N–H and O–H groups in total. The summed E-state index contributed by atoms with van der Waals surface area (Å²) in [7, 11) is 0. The molecule has 1 aliphatic rings. The number of nitrogens with one attached hydrogen (secondary N) is 1. The van der Waals surface area contributed by atoms with Crippen LogP contribution in [0.5, 0.6) is 0 Å². The predicted octanol–water partition coefficient (Wildman–Crippen LogP) is 2.80. The largest absolute Gasteiger partial charge is 0.478 e. The van der Waals surface area contributed by atoms with Gasteiger partial charge in [0, 0.05) is 37.8 Å². The molecular weight excluding hydrogens is 396 g/mol. The minimum Gasteiger partial charge on any atom is -0.478 e. The molecule has 0 aliphatic carbocycles. The van der Waals surface area contributed by atoms with Gasteiger partial charge in [-0.05, 0) is 30.5 Å². The topological polar surface area (TPSA) is 104 Å². The lowest BCUT2D eigenvalue weighted by Gasteiger charge is -2.35. The van der Waals surface area contributed by atoms with E-state index < -0.39 is 23.4 Å². The summed E-state index contributed by atoms with van der Waals surface area (Å²) < 4.78 is 0. The standard InChI is InChI=1S/C24H26N2O5/c27-20(13-12-18-8-3-1-4-9-18)14-15-21(28)26-17-7-16-24(26,23(30)31)25-22(29)19-10-5-2-6-11-19/h1-6,8-11H,7,12-17H2,(H,25,29)(H,30,31)/t24-/m0/s1. The molecule has 1 heterocycles. The molecule has 2 aromatic rings. The zero-order chi connectivity index (χ0) is 22.3. The molecule has 1 aliphatic heterocycles. The number of ketones is 1. The first-order valence-corrected chi connectivity index (χ1v) is 10.4. The minimum atomic E-state index is -1.79. The zero-order valence-corrected chi connectivity index (χ0v) is 17.3. The summed E-state index contributed by atoms with van der Waals surface area (Å²) in [6.07, 6.45) is 1.47. The Labute approximate surface area is 181 Å². The van der Waals surface area contributed by atoms with Gasteiger partial charge in [-0.25, -0.2) is 4.79 Å². The third-order valence-electron chi connectivity index (χ3n) is 5.55. The van der Waals surface area contributed by atoms with Crippen molar-refractivity contribution in [2.75, 3.05) is 6.54 Å². The fourth-order valence-electron chi connectivity index (χ4n) is 3.85. The van der Waals surface area contributed by atoms with Crippen LogP contribution in [-0.4, -0.2) is 45.8 Å². The normalized spacial score (nSPS) is 17.9. The maximum atomic E-state index is 12.8. The fraction of sp³-hybridized carbons (Fsp3) is 0.333. The molecule has 0 saturated carbocycles. The Kier molecular flexibility index (Phi) is 7.18. The van der Waals surface area contributed by atoms with Crippen LogP contribution in [0.3, 0.4) is 0 Å². The van der Waals surface area contributed by atoms with Crippen LogP contribution in [0.4, 0.5) is 0 Å². The van der Waals surface area contributed by atoms with Crippen molar-refractivity contribution in [2.24, 2.45) is 0 Å². The lowest BCUT2D eigenvalue weighted by atomic mass is 10.0. The van der Waals surface area contributed by atoms with E-state index in [0.29, 0.717) is 24.8 Å². The summed E-state index contributed by atoms with van der Waals surface area (Å²) in [5.41, 5.74) is -0.425. The highest BCUT2D eigenvalue weighted by molar-refractivity contribution is 5.99. The van der Waals surface area contributed by atoms with Gasteiger partial charge in [-0.2, -0.15) is 0 Å². The molecule has 0 radical (unpaired) electrons. The van der Waals surface area contributed by atoms with E-state index in [2.05, 4.69) is 5.32 Å². The van der Waals surface area contributed by atoms with Crippen LogP contribution in [0.2, 0.25) is 0 Å². The van der Waals surface area contributed by atoms with Gasteiger partial charge in [-0.1, -0.05) is 48.5 Å². The quantitative estimate of drug-likeness (QED) is 0.647. The van der Waals surface area contributed by atoms with E-state index >= 15 is 0 Å². The SMILES string of the molecule is O=C(CCC(=O)N1CCC[C@@]1(NC(=O)c1ccccc1)C(=O)O)CCc1ccccc1. The van der Waals surface area contributed by atoms with Crippen LogP contribution in [0.25, 0.3) is 0 Å². The number of hydrogen-bond donors (Lipinski definition) is 2. The minimum absolute atomic E-state index is 0.0461. The van der Waals surface area contributed by atoms with Crippen molar-refractivity contribution in [1.82, 2.24) is 10.2 Å². The van der Waals surface area contributed by atoms with Gasteiger partial charge in [-0.3, -0.25) is 14.4 Å². The number of likely N-dealkylation sites (tertiary alicyclic amines) is 1. The Morgan fingerprint density at radius 3 is 2.19 bits per heavy atom. The van der Waals surface area contributed by atoms with Crippen molar-refractivity contribution in [3.05, 3.63) is 71.8 Å². The van der Waals surface area contributed by atoms with E-state index in [0.717, 1.165) is 5.56 Å². The summed E-state index contributed by atoms with van der Waals surface area (Å²) in [6.45, 7) is 0.221. The monoisotopic (exact) mass is 422 g/mol. The van der Waals surface area contributed by atoms with E-state index in [-0.39, 0.29) is 31.6 Å². The predicted molar refractivity (Wildman–Crippen MR) is 114 cm³/mol. The van der Waals surface area contributed by atoms with Crippen molar-refractivity contribution < 1.29 is 24.3 Å². The van der Waals surface area contributed by atoms with Crippen LogP contribution in [-0.2, 0) is 20.8 Å². The van der Waals surface area contributed by atoms with E-state index in [1.165, 1.54) is 4.90 Å². The molecule has 2 amide bonds. The summed E-state index contributed by atoms with van der Waals surface area (Å²) in [5, 5.41) is 12.4. The molecule has 0 unspecified atom stereocenters. The molecule has 31 heavy (non-hydrogen) atoms. The Hall–Kier alpha value is -3.48. The van der Waals surface area contributed by atoms with Crippen LogP contribution >= 0.6 is 0 Å². The zero-order valence-electron chi connectivity index (χ0n) is 17.3. The molecule has 162 valence electrons. The molecule has 7 heteroatoms. The molecule has 0 spiro atoms. The van der Waals surface area contributed by atoms with E-state index in [4.69, 9.17) is 0 Å². The Balaban J connectivity index is 1.61. The van der Waals surface area contributed by atoms with E-state index in [1.54, 1.807) is 30.3 Å². The van der Waals surface area contributed by atoms with Crippen LogP contribution in [0.15, 0.2) is 60.7 Å². The first-order valence-electron chi connectivity index (χ1n) is 10.4. The number of Topliss-reactive ketones (excluding diaryl/α,β-unsaturated/α-hetero) is 1. The second-order valence-corrected chi connectivity index (χ2v) is 7.66. The van der Waals surface area contributed by atoms with Crippen molar-refractivity contribution in [1.29, 1.82) is 0 Å². The van der Waals surface area contributed by atoms with Gasteiger partial charge in [-0.15, -0.1) is 0 Å². The lowest BCUT2D eigenvalue weighted by Crippen LogP contribution is -2.64. The van der Waals surface area contributed by atoms with Gasteiger partial charge in [0.05, 0.1) is 0 Å². The molecule has 0 bridgehead atoms. The third kappa shape index (κ3) is 5.36. The number of aliphatic carboxylic acids is 1. The number of carboxylic acids is 1. The number of nitrogens with zero attached hydrogens (tertiary/aromatic N) is 1. The maximum Gasteiger partial charge on any atom is 0.350 e. The van der Waals surface area contributed by atoms with Gasteiger partial charge >= 0.3 is 5.97 Å². The molecule has 0 aromatic heterocycles. The second-order valence-electron chi connectivity index (χ2n) is 7.66. The van der Waals surface area contributed by atoms with Gasteiger partial charge < -0.3 is 15.3 Å². The van der Waals surface area contributed by atoms with Gasteiger partial charge in [0.15, 0.2) is 0 Å². The average molecular weight is 422 g/mol. The second kappa shape index (κ2) is 10.0. The van der Waals surface area contributed by atoms with Crippen molar-refractivity contribution in [2.45, 2.75) is 44.2 Å². The molecule has 7 nitrogen and oxygen atoms in total. The highest BCUT2D eigenvalue weighted by Gasteiger charge is 2.51. The third-order valence-corrected chi connectivity index (χ3v) is 5.55. The van der Waals surface area contributed by atoms with Gasteiger partial charge in [0.25, 0.3) is 5.91 Å². The number of carboxylic acid groups (broad SMARTS) is 1. The van der Waals surface area contributed by atoms with Gasteiger partial charge in [0.1, 0.15) is 5.78 Å². The maximum absolute atomic E-state index is 12.8. The van der Waals surface area contributed by atoms with E-state index in [9.17, 15) is 24.3 Å². The van der Waals surface area contributed by atoms with Crippen LogP contribution in [0, 0.1) is 0 Å². The van der Waals surface area contributed by atoms with Gasteiger partial charge in [0.2, 0.25) is 11.6 Å². The van der Waals surface area contributed by atoms with Crippen molar-refractivity contribution in [3.8, 4) is 0 Å². The number of hydrogen-bond acceptors (Lipinski definition) is 4. The van der Waals surface area contributed by atoms with Crippen molar-refractivity contribution in [3.63, 3.8) is 0 Å². The summed E-state index contributed by atoms with van der Waals surface area (Å²) in [6, 6.07) is 17.9.